The van der Waals surface area contributed by atoms with Gasteiger partial charge in [0.15, 0.2) is 0 Å². The molecular weight excluding hydrogens is 254 g/mol. The Morgan fingerprint density at radius 1 is 1.26 bits per heavy atom. The number of hydrogen-bond acceptors (Lipinski definition) is 3. The van der Waals surface area contributed by atoms with Gasteiger partial charge in [0.2, 0.25) is 0 Å². The summed E-state index contributed by atoms with van der Waals surface area (Å²) >= 11 is 1.89. The number of nitrogens with one attached hydrogen (secondary N) is 1. The summed E-state index contributed by atoms with van der Waals surface area (Å²) in [7, 11) is 2.04. The Bertz CT molecular complexity index is 490. The van der Waals surface area contributed by atoms with Crippen LogP contribution in [0.1, 0.15) is 18.3 Å². The molecule has 3 nitrogen and oxygen atoms in total. The van der Waals surface area contributed by atoms with Crippen LogP contribution >= 0.6 is 11.8 Å². The predicted molar refractivity (Wildman–Crippen MR) is 81.5 cm³/mol. The highest BCUT2D eigenvalue weighted by Gasteiger charge is 2.00. The van der Waals surface area contributed by atoms with Gasteiger partial charge in [0.25, 0.3) is 0 Å². The van der Waals surface area contributed by atoms with Crippen LogP contribution in [-0.4, -0.2) is 21.8 Å². The molecule has 0 saturated carbocycles. The second-order valence-corrected chi connectivity index (χ2v) is 5.65. The number of aryl methyl sites for hydroxylation is 2. The SMILES string of the molecule is CCNCc1ccc(SCCc2nccn2C)cc1. The van der Waals surface area contributed by atoms with Gasteiger partial charge in [-0.15, -0.1) is 11.8 Å². The molecule has 0 atom stereocenters. The van der Waals surface area contributed by atoms with Crippen molar-refractivity contribution in [2.24, 2.45) is 7.05 Å². The smallest absolute Gasteiger partial charge is 0.109 e. The van der Waals surface area contributed by atoms with Gasteiger partial charge in [-0.3, -0.25) is 0 Å². The van der Waals surface area contributed by atoms with Crippen molar-refractivity contribution in [3.05, 3.63) is 48.0 Å². The van der Waals surface area contributed by atoms with Crippen LogP contribution in [0.2, 0.25) is 0 Å². The summed E-state index contributed by atoms with van der Waals surface area (Å²) in [5.74, 6) is 2.22. The normalized spacial score (nSPS) is 10.8. The fourth-order valence-corrected chi connectivity index (χ4v) is 2.72. The molecule has 19 heavy (non-hydrogen) atoms. The van der Waals surface area contributed by atoms with Gasteiger partial charge in [0, 0.05) is 43.1 Å². The molecule has 0 aliphatic carbocycles. The molecule has 0 radical (unpaired) electrons. The van der Waals surface area contributed by atoms with Gasteiger partial charge in [-0.2, -0.15) is 0 Å². The maximum absolute atomic E-state index is 4.34. The summed E-state index contributed by atoms with van der Waals surface area (Å²) in [6.07, 6.45) is 4.86. The molecule has 2 rings (SSSR count). The summed E-state index contributed by atoms with van der Waals surface area (Å²) in [6.45, 7) is 4.09. The molecule has 0 spiro atoms. The Morgan fingerprint density at radius 3 is 2.68 bits per heavy atom. The fourth-order valence-electron chi connectivity index (χ4n) is 1.87. The number of rotatable bonds is 7. The van der Waals surface area contributed by atoms with Crippen LogP contribution in [0.15, 0.2) is 41.6 Å². The van der Waals surface area contributed by atoms with Crippen molar-refractivity contribution in [2.45, 2.75) is 24.8 Å². The monoisotopic (exact) mass is 275 g/mol. The highest BCUT2D eigenvalue weighted by atomic mass is 32.2. The number of aromatic nitrogens is 2. The molecule has 0 bridgehead atoms. The molecule has 0 aliphatic rings. The summed E-state index contributed by atoms with van der Waals surface area (Å²) in [4.78, 5) is 5.66. The topological polar surface area (TPSA) is 29.9 Å². The maximum atomic E-state index is 4.34. The standard InChI is InChI=1S/C15H21N3S/c1-3-16-12-13-4-6-14(7-5-13)19-11-8-15-17-9-10-18(15)2/h4-7,9-10,16H,3,8,11-12H2,1-2H3. The summed E-state index contributed by atoms with van der Waals surface area (Å²) < 4.78 is 2.08. The quantitative estimate of drug-likeness (QED) is 0.788. The molecule has 0 amide bonds. The lowest BCUT2D eigenvalue weighted by Gasteiger charge is -2.05. The molecule has 1 aromatic heterocycles. The van der Waals surface area contributed by atoms with Gasteiger partial charge < -0.3 is 9.88 Å². The molecule has 0 unspecified atom stereocenters. The lowest BCUT2D eigenvalue weighted by Crippen LogP contribution is -2.11. The molecule has 102 valence electrons. The van der Waals surface area contributed by atoms with Gasteiger partial charge in [-0.05, 0) is 24.2 Å². The van der Waals surface area contributed by atoms with E-state index in [9.17, 15) is 0 Å². The fraction of sp³-hybridized carbons (Fsp3) is 0.400. The van der Waals surface area contributed by atoms with E-state index in [4.69, 9.17) is 0 Å². The number of benzene rings is 1. The third-order valence-corrected chi connectivity index (χ3v) is 4.03. The molecule has 0 aliphatic heterocycles. The highest BCUT2D eigenvalue weighted by Crippen LogP contribution is 2.19. The summed E-state index contributed by atoms with van der Waals surface area (Å²) in [6, 6.07) is 8.81. The molecule has 1 heterocycles. The average molecular weight is 275 g/mol. The minimum atomic E-state index is 0.953. The largest absolute Gasteiger partial charge is 0.338 e. The van der Waals surface area contributed by atoms with Gasteiger partial charge >= 0.3 is 0 Å². The zero-order valence-electron chi connectivity index (χ0n) is 11.6. The minimum Gasteiger partial charge on any atom is -0.338 e. The first-order chi connectivity index (χ1) is 9.29. The number of hydrogen-bond donors (Lipinski definition) is 1. The highest BCUT2D eigenvalue weighted by molar-refractivity contribution is 7.99. The molecule has 1 aromatic carbocycles. The minimum absolute atomic E-state index is 0.953. The van der Waals surface area contributed by atoms with Crippen LogP contribution in [0.3, 0.4) is 0 Å². The van der Waals surface area contributed by atoms with Crippen LogP contribution in [-0.2, 0) is 20.0 Å². The first-order valence-electron chi connectivity index (χ1n) is 6.68. The van der Waals surface area contributed by atoms with Crippen molar-refractivity contribution in [1.82, 2.24) is 14.9 Å². The van der Waals surface area contributed by atoms with E-state index in [2.05, 4.69) is 46.1 Å². The Hall–Kier alpha value is -1.26. The van der Waals surface area contributed by atoms with Crippen molar-refractivity contribution in [3.8, 4) is 0 Å². The van der Waals surface area contributed by atoms with E-state index in [1.807, 2.05) is 31.2 Å². The average Bonchev–Trinajstić information content (AvgIpc) is 2.84. The Balaban J connectivity index is 1.78. The summed E-state index contributed by atoms with van der Waals surface area (Å²) in [5.41, 5.74) is 1.34. The van der Waals surface area contributed by atoms with Crippen LogP contribution in [0.4, 0.5) is 0 Å². The zero-order chi connectivity index (χ0) is 13.5. The van der Waals surface area contributed by atoms with E-state index in [1.54, 1.807) is 0 Å². The number of thioether (sulfide) groups is 1. The predicted octanol–water partition coefficient (Wildman–Crippen LogP) is 2.86. The first kappa shape index (κ1) is 14.2. The third-order valence-electron chi connectivity index (χ3n) is 3.02. The molecule has 4 heteroatoms. The van der Waals surface area contributed by atoms with E-state index >= 15 is 0 Å². The molecule has 2 aromatic rings. The number of nitrogens with zero attached hydrogens (tertiary/aromatic N) is 2. The van der Waals surface area contributed by atoms with Crippen molar-refractivity contribution in [2.75, 3.05) is 12.3 Å². The third kappa shape index (κ3) is 4.40. The Kier molecular flexibility index (Phi) is 5.48. The lowest BCUT2D eigenvalue weighted by molar-refractivity contribution is 0.726. The molecule has 0 fully saturated rings. The second kappa shape index (κ2) is 7.36. The van der Waals surface area contributed by atoms with Crippen molar-refractivity contribution >= 4 is 11.8 Å². The molecular formula is C15H21N3S. The van der Waals surface area contributed by atoms with E-state index in [-0.39, 0.29) is 0 Å². The van der Waals surface area contributed by atoms with Crippen molar-refractivity contribution in [3.63, 3.8) is 0 Å². The first-order valence-corrected chi connectivity index (χ1v) is 7.67. The zero-order valence-corrected chi connectivity index (χ0v) is 12.4. The van der Waals surface area contributed by atoms with E-state index in [1.165, 1.54) is 10.5 Å². The van der Waals surface area contributed by atoms with Crippen LogP contribution < -0.4 is 5.32 Å². The van der Waals surface area contributed by atoms with Crippen molar-refractivity contribution in [1.29, 1.82) is 0 Å². The second-order valence-electron chi connectivity index (χ2n) is 4.48. The van der Waals surface area contributed by atoms with Crippen LogP contribution in [0.25, 0.3) is 0 Å². The Labute approximate surface area is 119 Å². The van der Waals surface area contributed by atoms with Gasteiger partial charge in [0.05, 0.1) is 0 Å². The van der Waals surface area contributed by atoms with E-state index < -0.39 is 0 Å². The van der Waals surface area contributed by atoms with Crippen LogP contribution in [0.5, 0.6) is 0 Å². The lowest BCUT2D eigenvalue weighted by atomic mass is 10.2. The maximum Gasteiger partial charge on any atom is 0.109 e. The Morgan fingerprint density at radius 2 is 2.05 bits per heavy atom. The number of imidazole rings is 1. The van der Waals surface area contributed by atoms with E-state index in [0.717, 1.165) is 31.1 Å². The van der Waals surface area contributed by atoms with Gasteiger partial charge in [-0.1, -0.05) is 19.1 Å². The van der Waals surface area contributed by atoms with Gasteiger partial charge in [-0.25, -0.2) is 4.98 Å². The molecule has 1 N–H and O–H groups in total. The summed E-state index contributed by atoms with van der Waals surface area (Å²) in [5, 5.41) is 3.33. The van der Waals surface area contributed by atoms with E-state index in [0.29, 0.717) is 0 Å². The van der Waals surface area contributed by atoms with Crippen LogP contribution in [0, 0.1) is 0 Å². The van der Waals surface area contributed by atoms with Crippen molar-refractivity contribution < 1.29 is 0 Å². The van der Waals surface area contributed by atoms with Gasteiger partial charge in [0.1, 0.15) is 5.82 Å². The molecule has 0 saturated heterocycles.